The molecule has 4 heteroatoms. The molecule has 0 saturated carbocycles. The molecule has 0 aromatic heterocycles. The maximum Gasteiger partial charge on any atom is 0.321 e. The van der Waals surface area contributed by atoms with Gasteiger partial charge in [0.1, 0.15) is 6.04 Å². The number of halogens is 1. The van der Waals surface area contributed by atoms with Crippen molar-refractivity contribution in [2.45, 2.75) is 19.4 Å². The van der Waals surface area contributed by atoms with Crippen LogP contribution >= 0.6 is 12.4 Å². The number of hydrogen-bond donors (Lipinski definition) is 2. The van der Waals surface area contributed by atoms with E-state index in [2.05, 4.69) is 17.2 Å². The van der Waals surface area contributed by atoms with Gasteiger partial charge in [-0.25, -0.2) is 0 Å². The van der Waals surface area contributed by atoms with E-state index in [4.69, 9.17) is 5.11 Å². The summed E-state index contributed by atoms with van der Waals surface area (Å²) >= 11 is 0. The van der Waals surface area contributed by atoms with E-state index in [1.54, 1.807) is 6.92 Å². The minimum absolute atomic E-state index is 0. The average Bonchev–Trinajstić information content (AvgIpc) is 2.36. The second kappa shape index (κ2) is 5.02. The largest absolute Gasteiger partial charge is 0.480 e. The predicted octanol–water partition coefficient (Wildman–Crippen LogP) is 0.494. The third kappa shape index (κ3) is 2.40. The van der Waals surface area contributed by atoms with Gasteiger partial charge in [0.25, 0.3) is 0 Å². The van der Waals surface area contributed by atoms with Crippen molar-refractivity contribution in [3.05, 3.63) is 0 Å². The van der Waals surface area contributed by atoms with Crippen molar-refractivity contribution in [1.82, 2.24) is 5.32 Å². The topological polar surface area (TPSA) is 49.3 Å². The number of carboxylic acid groups (broad SMARTS) is 1. The van der Waals surface area contributed by atoms with E-state index in [9.17, 15) is 4.79 Å². The van der Waals surface area contributed by atoms with Gasteiger partial charge in [-0.1, -0.05) is 5.92 Å². The minimum Gasteiger partial charge on any atom is -0.480 e. The molecule has 0 aliphatic carbocycles. The molecule has 0 aromatic carbocycles. The summed E-state index contributed by atoms with van der Waals surface area (Å²) in [5.41, 5.74) is 0. The molecule has 1 unspecified atom stereocenters. The highest BCUT2D eigenvalue weighted by molar-refractivity contribution is 5.85. The van der Waals surface area contributed by atoms with Crippen LogP contribution in [0.1, 0.15) is 13.3 Å². The molecular formula is C8H12ClNO2. The van der Waals surface area contributed by atoms with Crippen LogP contribution in [0, 0.1) is 17.8 Å². The molecule has 3 nitrogen and oxygen atoms in total. The van der Waals surface area contributed by atoms with Crippen molar-refractivity contribution in [1.29, 1.82) is 0 Å². The molecule has 1 fully saturated rings. The minimum atomic E-state index is -0.796. The molecule has 0 aromatic rings. The average molecular weight is 190 g/mol. The van der Waals surface area contributed by atoms with Gasteiger partial charge in [-0.05, 0) is 19.9 Å². The zero-order valence-corrected chi connectivity index (χ0v) is 7.65. The van der Waals surface area contributed by atoms with E-state index in [1.165, 1.54) is 0 Å². The van der Waals surface area contributed by atoms with Gasteiger partial charge in [-0.2, -0.15) is 0 Å². The smallest absolute Gasteiger partial charge is 0.321 e. The molecule has 1 aliphatic rings. The zero-order valence-electron chi connectivity index (χ0n) is 6.83. The van der Waals surface area contributed by atoms with E-state index in [1.807, 2.05) is 0 Å². The first-order chi connectivity index (χ1) is 5.25. The van der Waals surface area contributed by atoms with E-state index in [0.717, 1.165) is 13.0 Å². The van der Waals surface area contributed by atoms with Crippen LogP contribution in [0.5, 0.6) is 0 Å². The molecule has 1 heterocycles. The maximum atomic E-state index is 10.6. The Morgan fingerprint density at radius 1 is 1.67 bits per heavy atom. The Bertz CT molecular complexity index is 219. The number of rotatable bonds is 1. The van der Waals surface area contributed by atoms with E-state index < -0.39 is 12.0 Å². The summed E-state index contributed by atoms with van der Waals surface area (Å²) < 4.78 is 0. The van der Waals surface area contributed by atoms with Gasteiger partial charge in [0.05, 0.1) is 0 Å². The molecule has 1 aliphatic heterocycles. The third-order valence-electron chi connectivity index (χ3n) is 1.82. The Kier molecular flexibility index (Phi) is 4.72. The first-order valence-corrected chi connectivity index (χ1v) is 3.64. The molecule has 2 atom stereocenters. The summed E-state index contributed by atoms with van der Waals surface area (Å²) in [5, 5.41) is 11.6. The van der Waals surface area contributed by atoms with Gasteiger partial charge in [0.2, 0.25) is 0 Å². The number of nitrogens with one attached hydrogen (secondary N) is 1. The molecule has 0 bridgehead atoms. The van der Waals surface area contributed by atoms with Crippen molar-refractivity contribution >= 4 is 18.4 Å². The first kappa shape index (κ1) is 11.3. The molecule has 0 radical (unpaired) electrons. The van der Waals surface area contributed by atoms with Gasteiger partial charge in [-0.3, -0.25) is 4.79 Å². The number of hydrogen-bond acceptors (Lipinski definition) is 2. The Hall–Kier alpha value is -0.720. The number of aliphatic carboxylic acids is 1. The molecule has 68 valence electrons. The van der Waals surface area contributed by atoms with Crippen LogP contribution in [0.2, 0.25) is 0 Å². The normalized spacial score (nSPS) is 26.8. The van der Waals surface area contributed by atoms with E-state index >= 15 is 0 Å². The van der Waals surface area contributed by atoms with Crippen LogP contribution in [0.4, 0.5) is 0 Å². The molecule has 0 spiro atoms. The van der Waals surface area contributed by atoms with Crippen LogP contribution in [-0.2, 0) is 4.79 Å². The lowest BCUT2D eigenvalue weighted by atomic mass is 10.0. The van der Waals surface area contributed by atoms with Gasteiger partial charge in [0.15, 0.2) is 0 Å². The fourth-order valence-corrected chi connectivity index (χ4v) is 1.30. The Labute approximate surface area is 77.9 Å². The Morgan fingerprint density at radius 3 is 2.83 bits per heavy atom. The van der Waals surface area contributed by atoms with Gasteiger partial charge >= 0.3 is 5.97 Å². The monoisotopic (exact) mass is 189 g/mol. The van der Waals surface area contributed by atoms with Crippen molar-refractivity contribution < 1.29 is 9.90 Å². The summed E-state index contributed by atoms with van der Waals surface area (Å²) in [6.07, 6.45) is 0.845. The lowest BCUT2D eigenvalue weighted by molar-refractivity contribution is -0.139. The second-order valence-electron chi connectivity index (χ2n) is 2.56. The fraction of sp³-hybridized carbons (Fsp3) is 0.625. The molecule has 0 amide bonds. The summed E-state index contributed by atoms with van der Waals surface area (Å²) in [5.74, 6) is 4.83. The molecular weight excluding hydrogens is 178 g/mol. The van der Waals surface area contributed by atoms with Crippen molar-refractivity contribution in [2.24, 2.45) is 5.92 Å². The highest BCUT2D eigenvalue weighted by atomic mass is 35.5. The second-order valence-corrected chi connectivity index (χ2v) is 2.56. The highest BCUT2D eigenvalue weighted by Crippen LogP contribution is 2.14. The van der Waals surface area contributed by atoms with E-state index in [-0.39, 0.29) is 18.3 Å². The quantitative estimate of drug-likeness (QED) is 0.591. The fourth-order valence-electron chi connectivity index (χ4n) is 1.30. The predicted molar refractivity (Wildman–Crippen MR) is 48.2 cm³/mol. The van der Waals surface area contributed by atoms with Crippen LogP contribution in [-0.4, -0.2) is 23.7 Å². The molecule has 1 saturated heterocycles. The van der Waals surface area contributed by atoms with Crippen molar-refractivity contribution in [3.63, 3.8) is 0 Å². The van der Waals surface area contributed by atoms with Crippen LogP contribution in [0.15, 0.2) is 0 Å². The maximum absolute atomic E-state index is 10.6. The first-order valence-electron chi connectivity index (χ1n) is 3.64. The van der Waals surface area contributed by atoms with Crippen LogP contribution in [0.25, 0.3) is 0 Å². The SMILES string of the molecule is CC#CC1CCN[C@@H]1C(=O)O.Cl. The third-order valence-corrected chi connectivity index (χ3v) is 1.82. The van der Waals surface area contributed by atoms with Crippen LogP contribution in [0.3, 0.4) is 0 Å². The van der Waals surface area contributed by atoms with Crippen LogP contribution < -0.4 is 5.32 Å². The molecule has 1 rings (SSSR count). The highest BCUT2D eigenvalue weighted by Gasteiger charge is 2.30. The Morgan fingerprint density at radius 2 is 2.33 bits per heavy atom. The molecule has 12 heavy (non-hydrogen) atoms. The summed E-state index contributed by atoms with van der Waals surface area (Å²) in [7, 11) is 0. The number of carbonyl (C=O) groups is 1. The standard InChI is InChI=1S/C8H11NO2.ClH/c1-2-3-6-4-5-9-7(6)8(10)11;/h6-7,9H,4-5H2,1H3,(H,10,11);1H/t6?,7-;/m0./s1. The van der Waals surface area contributed by atoms with E-state index in [0.29, 0.717) is 0 Å². The number of carboxylic acids is 1. The Balaban J connectivity index is 0.00000121. The van der Waals surface area contributed by atoms with Crippen molar-refractivity contribution in [3.8, 4) is 11.8 Å². The summed E-state index contributed by atoms with van der Waals surface area (Å²) in [6, 6.07) is -0.456. The lowest BCUT2D eigenvalue weighted by Gasteiger charge is -2.07. The van der Waals surface area contributed by atoms with Gasteiger partial charge in [-0.15, -0.1) is 18.3 Å². The summed E-state index contributed by atoms with van der Waals surface area (Å²) in [6.45, 7) is 2.49. The molecule has 2 N–H and O–H groups in total. The lowest BCUT2D eigenvalue weighted by Crippen LogP contribution is -2.34. The van der Waals surface area contributed by atoms with Gasteiger partial charge < -0.3 is 10.4 Å². The van der Waals surface area contributed by atoms with Gasteiger partial charge in [0, 0.05) is 5.92 Å². The summed E-state index contributed by atoms with van der Waals surface area (Å²) in [4.78, 5) is 10.6. The van der Waals surface area contributed by atoms with Crippen molar-refractivity contribution in [2.75, 3.05) is 6.54 Å². The zero-order chi connectivity index (χ0) is 8.27.